The summed E-state index contributed by atoms with van der Waals surface area (Å²) in [6.45, 7) is 0. The molecule has 0 aromatic heterocycles. The number of rotatable bonds is 7. The quantitative estimate of drug-likeness (QED) is 0.428. The van der Waals surface area contributed by atoms with Crippen LogP contribution in [0.3, 0.4) is 0 Å². The van der Waals surface area contributed by atoms with E-state index >= 15 is 0 Å². The Bertz CT molecular complexity index is 337. The van der Waals surface area contributed by atoms with Gasteiger partial charge in [-0.15, -0.1) is 0 Å². The molecule has 4 nitrogen and oxygen atoms in total. The van der Waals surface area contributed by atoms with E-state index in [4.69, 9.17) is 9.84 Å². The molecule has 2 heterocycles. The minimum absolute atomic E-state index is 0.0624. The SMILES string of the molecule is O=C[C@H]1[C@@H](CC=CCCCC(=O)O)[C@@H]2CC[C@H]1O2. The first-order valence-corrected chi connectivity index (χ1v) is 6.70. The predicted molar refractivity (Wildman–Crippen MR) is 66.2 cm³/mol. The Morgan fingerprint density at radius 1 is 1.28 bits per heavy atom. The van der Waals surface area contributed by atoms with Crippen LogP contribution in [-0.2, 0) is 14.3 Å². The molecule has 18 heavy (non-hydrogen) atoms. The summed E-state index contributed by atoms with van der Waals surface area (Å²) in [5.74, 6) is -0.352. The Morgan fingerprint density at radius 2 is 2.06 bits per heavy atom. The molecule has 2 aliphatic heterocycles. The number of ether oxygens (including phenoxy) is 1. The van der Waals surface area contributed by atoms with Gasteiger partial charge in [0.25, 0.3) is 0 Å². The zero-order chi connectivity index (χ0) is 13.0. The fourth-order valence-corrected chi connectivity index (χ4v) is 3.05. The van der Waals surface area contributed by atoms with Crippen molar-refractivity contribution in [2.45, 2.75) is 50.7 Å². The Kier molecular flexibility index (Phi) is 4.53. The molecule has 2 aliphatic rings. The first kappa shape index (κ1) is 13.3. The number of allylic oxidation sites excluding steroid dienone is 2. The van der Waals surface area contributed by atoms with Gasteiger partial charge in [0.2, 0.25) is 0 Å². The fourth-order valence-electron chi connectivity index (χ4n) is 3.05. The molecule has 1 N–H and O–H groups in total. The molecule has 4 heteroatoms. The number of carboxylic acids is 1. The van der Waals surface area contributed by atoms with Crippen LogP contribution in [0.25, 0.3) is 0 Å². The predicted octanol–water partition coefficient (Wildman–Crippen LogP) is 2.18. The van der Waals surface area contributed by atoms with Gasteiger partial charge in [-0.25, -0.2) is 0 Å². The molecule has 0 unspecified atom stereocenters. The number of unbranched alkanes of at least 4 members (excludes halogenated alkanes) is 1. The van der Waals surface area contributed by atoms with Crippen molar-refractivity contribution in [2.75, 3.05) is 0 Å². The first-order chi connectivity index (χ1) is 8.72. The molecule has 2 bridgehead atoms. The average molecular weight is 252 g/mol. The molecule has 0 spiro atoms. The van der Waals surface area contributed by atoms with E-state index in [0.29, 0.717) is 12.3 Å². The van der Waals surface area contributed by atoms with E-state index in [1.807, 2.05) is 6.08 Å². The van der Waals surface area contributed by atoms with E-state index in [2.05, 4.69) is 6.08 Å². The fraction of sp³-hybridized carbons (Fsp3) is 0.714. The minimum atomic E-state index is -0.745. The van der Waals surface area contributed by atoms with Crippen molar-refractivity contribution < 1.29 is 19.4 Å². The van der Waals surface area contributed by atoms with Crippen molar-refractivity contribution in [3.63, 3.8) is 0 Å². The highest BCUT2D eigenvalue weighted by molar-refractivity contribution is 5.66. The van der Waals surface area contributed by atoms with Crippen molar-refractivity contribution in [1.82, 2.24) is 0 Å². The van der Waals surface area contributed by atoms with Crippen LogP contribution in [0.15, 0.2) is 12.2 Å². The zero-order valence-corrected chi connectivity index (χ0v) is 10.5. The molecular weight excluding hydrogens is 232 g/mol. The zero-order valence-electron chi connectivity index (χ0n) is 10.5. The normalized spacial score (nSPS) is 34.2. The summed E-state index contributed by atoms with van der Waals surface area (Å²) in [5.41, 5.74) is 0. The number of carbonyl (C=O) groups excluding carboxylic acids is 1. The van der Waals surface area contributed by atoms with Gasteiger partial charge in [0.05, 0.1) is 12.2 Å². The molecule has 0 aliphatic carbocycles. The molecule has 2 saturated heterocycles. The van der Waals surface area contributed by atoms with Gasteiger partial charge in [0.1, 0.15) is 6.29 Å². The van der Waals surface area contributed by atoms with E-state index in [0.717, 1.165) is 32.0 Å². The molecule has 2 fully saturated rings. The molecule has 4 atom stereocenters. The number of aliphatic carboxylic acids is 1. The summed E-state index contributed by atoms with van der Waals surface area (Å²) in [5, 5.41) is 8.50. The second-order valence-electron chi connectivity index (χ2n) is 5.16. The van der Waals surface area contributed by atoms with Crippen molar-refractivity contribution in [3.05, 3.63) is 12.2 Å². The summed E-state index contributed by atoms with van der Waals surface area (Å²) >= 11 is 0. The molecule has 0 aromatic rings. The van der Waals surface area contributed by atoms with Gasteiger partial charge in [0, 0.05) is 18.3 Å². The Balaban J connectivity index is 1.71. The van der Waals surface area contributed by atoms with Crippen LogP contribution in [0.2, 0.25) is 0 Å². The van der Waals surface area contributed by atoms with E-state index in [1.54, 1.807) is 0 Å². The highest BCUT2D eigenvalue weighted by atomic mass is 16.5. The number of carbonyl (C=O) groups is 2. The van der Waals surface area contributed by atoms with E-state index in [-0.39, 0.29) is 24.5 Å². The lowest BCUT2D eigenvalue weighted by atomic mass is 9.78. The maximum atomic E-state index is 11.0. The van der Waals surface area contributed by atoms with Crippen molar-refractivity contribution in [3.8, 4) is 0 Å². The first-order valence-electron chi connectivity index (χ1n) is 6.70. The van der Waals surface area contributed by atoms with Gasteiger partial charge >= 0.3 is 5.97 Å². The Labute approximate surface area is 107 Å². The summed E-state index contributed by atoms with van der Waals surface area (Å²) in [6, 6.07) is 0. The van der Waals surface area contributed by atoms with Gasteiger partial charge < -0.3 is 14.6 Å². The highest BCUT2D eigenvalue weighted by Gasteiger charge is 2.47. The number of fused-ring (bicyclic) bond motifs is 2. The molecule has 0 aromatic carbocycles. The average Bonchev–Trinajstić information content (AvgIpc) is 2.93. The Morgan fingerprint density at radius 3 is 2.78 bits per heavy atom. The molecular formula is C14H20O4. The second-order valence-corrected chi connectivity index (χ2v) is 5.16. The number of hydrogen-bond acceptors (Lipinski definition) is 3. The highest BCUT2D eigenvalue weighted by Crippen LogP contribution is 2.44. The number of hydrogen-bond donors (Lipinski definition) is 1. The minimum Gasteiger partial charge on any atom is -0.481 e. The van der Waals surface area contributed by atoms with Gasteiger partial charge in [-0.3, -0.25) is 4.79 Å². The lowest BCUT2D eigenvalue weighted by Gasteiger charge is -2.22. The third-order valence-corrected chi connectivity index (χ3v) is 3.98. The molecule has 0 amide bonds. The van der Waals surface area contributed by atoms with Crippen molar-refractivity contribution >= 4 is 12.3 Å². The number of aldehydes is 1. The summed E-state index contributed by atoms with van der Waals surface area (Å²) in [4.78, 5) is 21.4. The summed E-state index contributed by atoms with van der Waals surface area (Å²) in [7, 11) is 0. The van der Waals surface area contributed by atoms with Crippen LogP contribution >= 0.6 is 0 Å². The van der Waals surface area contributed by atoms with Crippen LogP contribution in [0.5, 0.6) is 0 Å². The monoisotopic (exact) mass is 252 g/mol. The third-order valence-electron chi connectivity index (χ3n) is 3.98. The van der Waals surface area contributed by atoms with E-state index in [1.165, 1.54) is 0 Å². The number of carboxylic acid groups (broad SMARTS) is 1. The summed E-state index contributed by atoms with van der Waals surface area (Å²) < 4.78 is 5.76. The summed E-state index contributed by atoms with van der Waals surface area (Å²) in [6.07, 6.45) is 10.2. The third kappa shape index (κ3) is 2.99. The van der Waals surface area contributed by atoms with Crippen LogP contribution in [-0.4, -0.2) is 29.6 Å². The van der Waals surface area contributed by atoms with Crippen LogP contribution in [0.4, 0.5) is 0 Å². The van der Waals surface area contributed by atoms with Crippen molar-refractivity contribution in [1.29, 1.82) is 0 Å². The standard InChI is InChI=1S/C14H20O4/c15-9-11-10(12-7-8-13(11)18-12)5-3-1-2-4-6-14(16)17/h1,3,9-13H,2,4-8H2,(H,16,17)/t10-,11+,12+,13-/m1/s1. The smallest absolute Gasteiger partial charge is 0.303 e. The Hall–Kier alpha value is -1.16. The van der Waals surface area contributed by atoms with Crippen molar-refractivity contribution in [2.24, 2.45) is 11.8 Å². The topological polar surface area (TPSA) is 63.6 Å². The maximum Gasteiger partial charge on any atom is 0.303 e. The van der Waals surface area contributed by atoms with Crippen LogP contribution < -0.4 is 0 Å². The van der Waals surface area contributed by atoms with Gasteiger partial charge in [0.15, 0.2) is 0 Å². The second kappa shape index (κ2) is 6.14. The largest absolute Gasteiger partial charge is 0.481 e. The lowest BCUT2D eigenvalue weighted by molar-refractivity contribution is -0.137. The molecule has 2 rings (SSSR count). The molecule has 0 radical (unpaired) electrons. The molecule has 100 valence electrons. The van der Waals surface area contributed by atoms with Crippen LogP contribution in [0, 0.1) is 11.8 Å². The van der Waals surface area contributed by atoms with E-state index in [9.17, 15) is 9.59 Å². The van der Waals surface area contributed by atoms with Gasteiger partial charge in [-0.1, -0.05) is 12.2 Å². The lowest BCUT2D eigenvalue weighted by Crippen LogP contribution is -2.27. The maximum absolute atomic E-state index is 11.0. The molecule has 0 saturated carbocycles. The van der Waals surface area contributed by atoms with Gasteiger partial charge in [-0.2, -0.15) is 0 Å². The van der Waals surface area contributed by atoms with Crippen LogP contribution in [0.1, 0.15) is 38.5 Å². The van der Waals surface area contributed by atoms with E-state index < -0.39 is 5.97 Å². The van der Waals surface area contributed by atoms with Gasteiger partial charge in [-0.05, 0) is 32.1 Å².